The first-order valence-electron chi connectivity index (χ1n) is 11.5. The quantitative estimate of drug-likeness (QED) is 0.348. The molecule has 0 aromatic heterocycles. The molecule has 2 atom stereocenters. The van der Waals surface area contributed by atoms with Crippen LogP contribution in [-0.4, -0.2) is 22.4 Å². The highest BCUT2D eigenvalue weighted by molar-refractivity contribution is 7.99. The molecule has 1 saturated carbocycles. The number of benzene rings is 2. The molecule has 1 amide bonds. The Hall–Kier alpha value is -2.25. The first-order chi connectivity index (χ1) is 16.2. The number of halogens is 2. The second kappa shape index (κ2) is 11.9. The van der Waals surface area contributed by atoms with Gasteiger partial charge < -0.3 is 9.84 Å². The lowest BCUT2D eigenvalue weighted by atomic mass is 9.76. The number of aliphatic carboxylic acids is 1. The summed E-state index contributed by atoms with van der Waals surface area (Å²) >= 11 is 7.05. The molecule has 0 bridgehead atoms. The number of amides is 1. The number of rotatable bonds is 9. The topological polar surface area (TPSA) is 75.6 Å². The zero-order chi connectivity index (χ0) is 24.7. The van der Waals surface area contributed by atoms with Gasteiger partial charge in [-0.2, -0.15) is 0 Å². The Morgan fingerprint density at radius 1 is 1.18 bits per heavy atom. The highest BCUT2D eigenvalue weighted by Crippen LogP contribution is 2.41. The fourth-order valence-corrected chi connectivity index (χ4v) is 5.46. The zero-order valence-corrected chi connectivity index (χ0v) is 21.0. The van der Waals surface area contributed by atoms with Crippen molar-refractivity contribution < 1.29 is 23.8 Å². The number of carbonyl (C=O) groups excluding carboxylic acids is 1. The minimum Gasteiger partial charge on any atom is -0.480 e. The van der Waals surface area contributed by atoms with E-state index < -0.39 is 34.6 Å². The molecule has 0 aliphatic heterocycles. The monoisotopic (exact) mass is 507 g/mol. The fourth-order valence-electron chi connectivity index (χ4n) is 4.52. The van der Waals surface area contributed by atoms with E-state index in [0.717, 1.165) is 43.2 Å². The largest absolute Gasteiger partial charge is 0.480 e. The molecule has 34 heavy (non-hydrogen) atoms. The van der Waals surface area contributed by atoms with Crippen molar-refractivity contribution in [3.05, 3.63) is 70.5 Å². The lowest BCUT2D eigenvalue weighted by molar-refractivity contribution is -0.136. The zero-order valence-electron chi connectivity index (χ0n) is 19.4. The number of carbonyl (C=O) groups is 2. The lowest BCUT2D eigenvalue weighted by Gasteiger charge is -2.35. The molecule has 0 heterocycles. The van der Waals surface area contributed by atoms with Crippen molar-refractivity contribution in [1.82, 2.24) is 4.72 Å². The van der Waals surface area contributed by atoms with Gasteiger partial charge in [-0.15, -0.1) is 0 Å². The van der Waals surface area contributed by atoms with Crippen LogP contribution in [0.3, 0.4) is 0 Å². The number of nitrogens with one attached hydrogen (secondary N) is 1. The third-order valence-corrected chi connectivity index (χ3v) is 7.63. The normalized spacial score (nSPS) is 16.5. The van der Waals surface area contributed by atoms with E-state index >= 15 is 0 Å². The Morgan fingerprint density at radius 3 is 2.53 bits per heavy atom. The molecule has 0 saturated heterocycles. The SMILES string of the molecule is CC(C)(c1cccc(Cl)c1)C(OC(=O)NS[C@@H](CC1CCCCC1)C(=O)O)c1cccc(F)c1. The van der Waals surface area contributed by atoms with Crippen molar-refractivity contribution in [3.63, 3.8) is 0 Å². The van der Waals surface area contributed by atoms with Crippen LogP contribution < -0.4 is 4.72 Å². The van der Waals surface area contributed by atoms with E-state index in [2.05, 4.69) is 4.72 Å². The fraction of sp³-hybridized carbons (Fsp3) is 0.462. The summed E-state index contributed by atoms with van der Waals surface area (Å²) in [6.45, 7) is 3.77. The van der Waals surface area contributed by atoms with E-state index in [0.29, 0.717) is 22.9 Å². The molecule has 0 spiro atoms. The molecule has 2 N–H and O–H groups in total. The summed E-state index contributed by atoms with van der Waals surface area (Å²) in [7, 11) is 0. The van der Waals surface area contributed by atoms with E-state index in [9.17, 15) is 19.1 Å². The van der Waals surface area contributed by atoms with Crippen LogP contribution in [0.1, 0.15) is 69.6 Å². The first-order valence-corrected chi connectivity index (χ1v) is 12.8. The Morgan fingerprint density at radius 2 is 1.88 bits per heavy atom. The predicted molar refractivity (Wildman–Crippen MR) is 133 cm³/mol. The average molecular weight is 508 g/mol. The third kappa shape index (κ3) is 7.12. The minimum atomic E-state index is -0.961. The van der Waals surface area contributed by atoms with Gasteiger partial charge in [-0.05, 0) is 59.7 Å². The number of hydrogen-bond donors (Lipinski definition) is 2. The van der Waals surface area contributed by atoms with Crippen molar-refractivity contribution >= 4 is 35.6 Å². The van der Waals surface area contributed by atoms with Gasteiger partial charge in [0.25, 0.3) is 0 Å². The van der Waals surface area contributed by atoms with E-state index in [-0.39, 0.29) is 0 Å². The Balaban J connectivity index is 1.75. The summed E-state index contributed by atoms with van der Waals surface area (Å²) in [5, 5.41) is 9.42. The maximum absolute atomic E-state index is 14.0. The van der Waals surface area contributed by atoms with Crippen molar-refractivity contribution in [3.8, 4) is 0 Å². The molecule has 3 rings (SSSR count). The Kier molecular flexibility index (Phi) is 9.25. The highest BCUT2D eigenvalue weighted by atomic mass is 35.5. The van der Waals surface area contributed by atoms with Gasteiger partial charge in [0.15, 0.2) is 0 Å². The summed E-state index contributed by atoms with van der Waals surface area (Å²) in [5.74, 6) is -1.06. The highest BCUT2D eigenvalue weighted by Gasteiger charge is 2.37. The van der Waals surface area contributed by atoms with Crippen LogP contribution in [0.5, 0.6) is 0 Å². The van der Waals surface area contributed by atoms with Gasteiger partial charge in [0.05, 0.1) is 0 Å². The average Bonchev–Trinajstić information content (AvgIpc) is 2.80. The maximum atomic E-state index is 14.0. The van der Waals surface area contributed by atoms with Gasteiger partial charge in [0.1, 0.15) is 17.2 Å². The van der Waals surface area contributed by atoms with Gasteiger partial charge in [-0.3, -0.25) is 9.52 Å². The summed E-state index contributed by atoms with van der Waals surface area (Å²) in [4.78, 5) is 24.6. The summed E-state index contributed by atoms with van der Waals surface area (Å²) in [6.07, 6.45) is 4.34. The summed E-state index contributed by atoms with van der Waals surface area (Å²) < 4.78 is 22.4. The third-order valence-electron chi connectivity index (χ3n) is 6.43. The number of carboxylic acid groups (broad SMARTS) is 1. The number of hydrogen-bond acceptors (Lipinski definition) is 4. The molecular formula is C26H31ClFNO4S. The molecule has 2 aromatic carbocycles. The van der Waals surface area contributed by atoms with Crippen LogP contribution in [-0.2, 0) is 14.9 Å². The molecule has 2 aromatic rings. The molecule has 1 aliphatic carbocycles. The van der Waals surface area contributed by atoms with E-state index in [4.69, 9.17) is 16.3 Å². The van der Waals surface area contributed by atoms with E-state index in [1.807, 2.05) is 19.9 Å². The van der Waals surface area contributed by atoms with Crippen molar-refractivity contribution in [1.29, 1.82) is 0 Å². The number of carboxylic acids is 1. The molecule has 8 heteroatoms. The van der Waals surface area contributed by atoms with Gasteiger partial charge in [-0.1, -0.05) is 81.8 Å². The van der Waals surface area contributed by atoms with Crippen LogP contribution in [0.4, 0.5) is 9.18 Å². The van der Waals surface area contributed by atoms with Gasteiger partial charge in [-0.25, -0.2) is 9.18 Å². The van der Waals surface area contributed by atoms with Crippen molar-refractivity contribution in [2.75, 3.05) is 0 Å². The molecular weight excluding hydrogens is 477 g/mol. The van der Waals surface area contributed by atoms with Gasteiger partial charge in [0, 0.05) is 10.4 Å². The van der Waals surface area contributed by atoms with Crippen LogP contribution in [0.15, 0.2) is 48.5 Å². The molecule has 1 fully saturated rings. The Labute approximate surface area is 209 Å². The summed E-state index contributed by atoms with van der Waals surface area (Å²) in [6, 6.07) is 13.1. The standard InChI is InChI=1S/C26H31ClFNO4S/c1-26(2,19-11-7-12-20(27)16-19)23(18-10-6-13-21(28)15-18)33-25(32)29-34-22(24(30)31)14-17-8-4-3-5-9-17/h6-7,10-13,15-17,22-23H,3-5,8-9,14H2,1-2H3,(H,29,32)(H,30,31)/t22-,23?/m0/s1. The van der Waals surface area contributed by atoms with Crippen LogP contribution >= 0.6 is 23.5 Å². The maximum Gasteiger partial charge on any atom is 0.417 e. The van der Waals surface area contributed by atoms with Gasteiger partial charge in [0.2, 0.25) is 0 Å². The molecule has 1 aliphatic rings. The van der Waals surface area contributed by atoms with Crippen molar-refractivity contribution in [2.24, 2.45) is 5.92 Å². The van der Waals surface area contributed by atoms with Gasteiger partial charge >= 0.3 is 12.1 Å². The second-order valence-corrected chi connectivity index (χ2v) is 10.8. The smallest absolute Gasteiger partial charge is 0.417 e. The molecule has 0 radical (unpaired) electrons. The summed E-state index contributed by atoms with van der Waals surface area (Å²) in [5.41, 5.74) is 0.548. The Bertz CT molecular complexity index is 996. The first kappa shape index (κ1) is 26.4. The molecule has 1 unspecified atom stereocenters. The predicted octanol–water partition coefficient (Wildman–Crippen LogP) is 7.30. The number of ether oxygens (including phenoxy) is 1. The van der Waals surface area contributed by atoms with E-state index in [1.54, 1.807) is 30.3 Å². The van der Waals surface area contributed by atoms with Crippen LogP contribution in [0.2, 0.25) is 5.02 Å². The van der Waals surface area contributed by atoms with Crippen LogP contribution in [0, 0.1) is 11.7 Å². The lowest BCUT2D eigenvalue weighted by Crippen LogP contribution is -2.34. The van der Waals surface area contributed by atoms with Crippen LogP contribution in [0.25, 0.3) is 0 Å². The molecule has 184 valence electrons. The van der Waals surface area contributed by atoms with Crippen molar-refractivity contribution in [2.45, 2.75) is 69.1 Å². The minimum absolute atomic E-state index is 0.349. The second-order valence-electron chi connectivity index (χ2n) is 9.36. The van der Waals surface area contributed by atoms with E-state index in [1.165, 1.54) is 18.6 Å². The molecule has 5 nitrogen and oxygen atoms in total.